The molecule has 3 N–H and O–H groups in total. The van der Waals surface area contributed by atoms with Gasteiger partial charge in [-0.05, 0) is 39.8 Å². The Hall–Kier alpha value is -2.15. The summed E-state index contributed by atoms with van der Waals surface area (Å²) in [7, 11) is 1.74. The minimum Gasteiger partial charge on any atom is -0.355 e. The van der Waals surface area contributed by atoms with Gasteiger partial charge in [0.1, 0.15) is 0 Å². The predicted molar refractivity (Wildman–Crippen MR) is 103 cm³/mol. The summed E-state index contributed by atoms with van der Waals surface area (Å²) in [6.07, 6.45) is 3.20. The summed E-state index contributed by atoms with van der Waals surface area (Å²) in [6, 6.07) is 4.51. The topological polar surface area (TPSA) is 81.6 Å². The molecule has 1 aromatic heterocycles. The average Bonchev–Trinajstić information content (AvgIpc) is 2.60. The SMILES string of the molecule is CN=C(NCCNC(=O)c1cccnc1)NCCN(C(C)C)C(C)C. The molecule has 0 aliphatic heterocycles. The number of hydrogen-bond donors (Lipinski definition) is 3. The second kappa shape index (κ2) is 11.4. The van der Waals surface area contributed by atoms with Crippen LogP contribution in [0.1, 0.15) is 38.1 Å². The van der Waals surface area contributed by atoms with Crippen LogP contribution in [0.2, 0.25) is 0 Å². The van der Waals surface area contributed by atoms with Crippen LogP contribution in [0, 0.1) is 0 Å². The fourth-order valence-corrected chi connectivity index (χ4v) is 2.59. The van der Waals surface area contributed by atoms with E-state index >= 15 is 0 Å². The Labute approximate surface area is 151 Å². The molecule has 0 spiro atoms. The molecule has 0 unspecified atom stereocenters. The molecule has 0 aromatic carbocycles. The molecule has 1 aromatic rings. The summed E-state index contributed by atoms with van der Waals surface area (Å²) in [6.45, 7) is 11.7. The van der Waals surface area contributed by atoms with Crippen LogP contribution in [-0.4, -0.2) is 67.1 Å². The van der Waals surface area contributed by atoms with E-state index in [0.717, 1.165) is 19.0 Å². The molecule has 25 heavy (non-hydrogen) atoms. The number of pyridine rings is 1. The normalized spacial score (nSPS) is 11.9. The number of aromatic nitrogens is 1. The molecule has 0 fully saturated rings. The predicted octanol–water partition coefficient (Wildman–Crippen LogP) is 1.10. The third-order valence-electron chi connectivity index (χ3n) is 3.84. The summed E-state index contributed by atoms with van der Waals surface area (Å²) in [5, 5.41) is 9.35. The van der Waals surface area contributed by atoms with Gasteiger partial charge >= 0.3 is 0 Å². The van der Waals surface area contributed by atoms with Gasteiger partial charge in [-0.2, -0.15) is 0 Å². The van der Waals surface area contributed by atoms with Crippen LogP contribution in [0.25, 0.3) is 0 Å². The van der Waals surface area contributed by atoms with Crippen molar-refractivity contribution in [1.82, 2.24) is 25.8 Å². The first-order valence-corrected chi connectivity index (χ1v) is 8.84. The van der Waals surface area contributed by atoms with Crippen molar-refractivity contribution < 1.29 is 4.79 Å². The maximum atomic E-state index is 11.9. The molecule has 0 bridgehead atoms. The number of carbonyl (C=O) groups is 1. The zero-order valence-electron chi connectivity index (χ0n) is 16.0. The molecule has 0 aliphatic rings. The Morgan fingerprint density at radius 1 is 1.12 bits per heavy atom. The lowest BCUT2D eigenvalue weighted by Crippen LogP contribution is -2.46. The molecule has 0 atom stereocenters. The number of carbonyl (C=O) groups excluding carboxylic acids is 1. The largest absolute Gasteiger partial charge is 0.355 e. The average molecular weight is 348 g/mol. The first kappa shape index (κ1) is 20.9. The van der Waals surface area contributed by atoms with E-state index in [2.05, 4.69) is 58.5 Å². The van der Waals surface area contributed by atoms with Gasteiger partial charge in [0.05, 0.1) is 5.56 Å². The Balaban J connectivity index is 2.25. The van der Waals surface area contributed by atoms with Crippen molar-refractivity contribution in [1.29, 1.82) is 0 Å². The van der Waals surface area contributed by atoms with Gasteiger partial charge in [0, 0.05) is 57.7 Å². The molecule has 7 heteroatoms. The lowest BCUT2D eigenvalue weighted by molar-refractivity contribution is 0.0954. The molecular weight excluding hydrogens is 316 g/mol. The second-order valence-electron chi connectivity index (χ2n) is 6.35. The van der Waals surface area contributed by atoms with Crippen LogP contribution in [0.5, 0.6) is 0 Å². The third kappa shape index (κ3) is 7.98. The monoisotopic (exact) mass is 348 g/mol. The van der Waals surface area contributed by atoms with Crippen molar-refractivity contribution in [2.75, 3.05) is 33.2 Å². The highest BCUT2D eigenvalue weighted by Crippen LogP contribution is 2.03. The Morgan fingerprint density at radius 3 is 2.32 bits per heavy atom. The molecule has 1 rings (SSSR count). The van der Waals surface area contributed by atoms with E-state index in [-0.39, 0.29) is 5.91 Å². The Kier molecular flexibility index (Phi) is 9.54. The second-order valence-corrected chi connectivity index (χ2v) is 6.35. The van der Waals surface area contributed by atoms with E-state index in [0.29, 0.717) is 30.7 Å². The van der Waals surface area contributed by atoms with E-state index in [1.54, 1.807) is 31.6 Å². The van der Waals surface area contributed by atoms with Crippen LogP contribution < -0.4 is 16.0 Å². The van der Waals surface area contributed by atoms with Crippen LogP contribution in [-0.2, 0) is 0 Å². The first-order valence-electron chi connectivity index (χ1n) is 8.84. The maximum Gasteiger partial charge on any atom is 0.252 e. The zero-order valence-corrected chi connectivity index (χ0v) is 16.0. The van der Waals surface area contributed by atoms with Crippen LogP contribution in [0.3, 0.4) is 0 Å². The van der Waals surface area contributed by atoms with Gasteiger partial charge in [0.15, 0.2) is 5.96 Å². The third-order valence-corrected chi connectivity index (χ3v) is 3.84. The molecule has 0 saturated heterocycles. The fraction of sp³-hybridized carbons (Fsp3) is 0.611. The van der Waals surface area contributed by atoms with Gasteiger partial charge in [-0.1, -0.05) is 0 Å². The van der Waals surface area contributed by atoms with Gasteiger partial charge in [0.25, 0.3) is 5.91 Å². The molecule has 1 heterocycles. The number of guanidine groups is 1. The molecule has 0 aliphatic carbocycles. The van der Waals surface area contributed by atoms with Gasteiger partial charge in [-0.3, -0.25) is 19.7 Å². The minimum atomic E-state index is -0.123. The lowest BCUT2D eigenvalue weighted by Gasteiger charge is -2.30. The van der Waals surface area contributed by atoms with Crippen LogP contribution in [0.4, 0.5) is 0 Å². The quantitative estimate of drug-likeness (QED) is 0.354. The standard InChI is InChI=1S/C18H32N6O/c1-14(2)24(15(3)4)12-11-23-18(19-5)22-10-9-21-17(25)16-7-6-8-20-13-16/h6-8,13-15H,9-12H2,1-5H3,(H,21,25)(H2,19,22,23). The van der Waals surface area contributed by atoms with E-state index in [1.807, 2.05) is 0 Å². The maximum absolute atomic E-state index is 11.9. The highest BCUT2D eigenvalue weighted by atomic mass is 16.1. The number of nitrogens with one attached hydrogen (secondary N) is 3. The van der Waals surface area contributed by atoms with Crippen molar-refractivity contribution in [3.63, 3.8) is 0 Å². The number of rotatable bonds is 9. The van der Waals surface area contributed by atoms with Gasteiger partial charge < -0.3 is 16.0 Å². The number of amides is 1. The van der Waals surface area contributed by atoms with Gasteiger partial charge in [-0.15, -0.1) is 0 Å². The highest BCUT2D eigenvalue weighted by molar-refractivity contribution is 5.93. The zero-order chi connectivity index (χ0) is 18.7. The highest BCUT2D eigenvalue weighted by Gasteiger charge is 2.12. The number of aliphatic imine (C=N–C) groups is 1. The minimum absolute atomic E-state index is 0.123. The Bertz CT molecular complexity index is 522. The van der Waals surface area contributed by atoms with E-state index < -0.39 is 0 Å². The van der Waals surface area contributed by atoms with Gasteiger partial charge in [-0.25, -0.2) is 0 Å². The summed E-state index contributed by atoms with van der Waals surface area (Å²) in [5.74, 6) is 0.616. The van der Waals surface area contributed by atoms with Crippen molar-refractivity contribution in [2.24, 2.45) is 4.99 Å². The van der Waals surface area contributed by atoms with Crippen LogP contribution in [0.15, 0.2) is 29.5 Å². The molecular formula is C18H32N6O. The summed E-state index contributed by atoms with van der Waals surface area (Å²) in [5.41, 5.74) is 0.562. The summed E-state index contributed by atoms with van der Waals surface area (Å²) in [4.78, 5) is 22.5. The first-order chi connectivity index (χ1) is 12.0. The van der Waals surface area contributed by atoms with Crippen molar-refractivity contribution in [2.45, 2.75) is 39.8 Å². The molecule has 1 amide bonds. The van der Waals surface area contributed by atoms with E-state index in [1.165, 1.54) is 0 Å². The molecule has 0 radical (unpaired) electrons. The van der Waals surface area contributed by atoms with Crippen molar-refractivity contribution >= 4 is 11.9 Å². The lowest BCUT2D eigenvalue weighted by atomic mass is 10.2. The van der Waals surface area contributed by atoms with Gasteiger partial charge in [0.2, 0.25) is 0 Å². The molecule has 0 saturated carbocycles. The van der Waals surface area contributed by atoms with E-state index in [4.69, 9.17) is 0 Å². The summed E-state index contributed by atoms with van der Waals surface area (Å²) >= 11 is 0. The molecule has 140 valence electrons. The van der Waals surface area contributed by atoms with Crippen LogP contribution >= 0.6 is 0 Å². The summed E-state index contributed by atoms with van der Waals surface area (Å²) < 4.78 is 0. The van der Waals surface area contributed by atoms with Crippen molar-refractivity contribution in [3.8, 4) is 0 Å². The fourth-order valence-electron chi connectivity index (χ4n) is 2.59. The van der Waals surface area contributed by atoms with E-state index in [9.17, 15) is 4.79 Å². The molecule has 7 nitrogen and oxygen atoms in total. The number of nitrogens with zero attached hydrogens (tertiary/aromatic N) is 3. The van der Waals surface area contributed by atoms with Crippen molar-refractivity contribution in [3.05, 3.63) is 30.1 Å². The number of hydrogen-bond acceptors (Lipinski definition) is 4. The Morgan fingerprint density at radius 2 is 1.76 bits per heavy atom. The smallest absolute Gasteiger partial charge is 0.252 e.